The maximum atomic E-state index is 10.8. The van der Waals surface area contributed by atoms with E-state index < -0.39 is 0 Å². The van der Waals surface area contributed by atoms with Gasteiger partial charge in [-0.3, -0.25) is 0 Å². The third-order valence-electron chi connectivity index (χ3n) is 1.71. The summed E-state index contributed by atoms with van der Waals surface area (Å²) in [6.45, 7) is 8.31. The molecule has 0 aromatic carbocycles. The summed E-state index contributed by atoms with van der Waals surface area (Å²) in [5.41, 5.74) is 0. The fourth-order valence-corrected chi connectivity index (χ4v) is 0.595. The van der Waals surface area contributed by atoms with Gasteiger partial charge in [0.1, 0.15) is 6.61 Å². The van der Waals surface area contributed by atoms with Crippen molar-refractivity contribution in [2.24, 2.45) is 5.92 Å². The van der Waals surface area contributed by atoms with Gasteiger partial charge in [0.05, 0.1) is 12.7 Å². The van der Waals surface area contributed by atoms with E-state index >= 15 is 0 Å². The van der Waals surface area contributed by atoms with Crippen LogP contribution in [-0.2, 0) is 14.3 Å². The van der Waals surface area contributed by atoms with Crippen LogP contribution in [0.5, 0.6) is 0 Å². The molecule has 0 aromatic rings. The lowest BCUT2D eigenvalue weighted by atomic mass is 10.1. The van der Waals surface area contributed by atoms with Crippen LogP contribution in [0.2, 0.25) is 0 Å². The summed E-state index contributed by atoms with van der Waals surface area (Å²) in [5, 5.41) is 0. The summed E-state index contributed by atoms with van der Waals surface area (Å²) in [5.74, 6) is 0.143. The molecule has 0 aliphatic carbocycles. The zero-order valence-electron chi connectivity index (χ0n) is 8.29. The second kappa shape index (κ2) is 6.00. The molecular weight excluding hydrogens is 156 g/mol. The molecular formula is C9H18O3. The van der Waals surface area contributed by atoms with Gasteiger partial charge in [-0.25, -0.2) is 4.79 Å². The number of hydrogen-bond donors (Lipinski definition) is 0. The lowest BCUT2D eigenvalue weighted by molar-refractivity contribution is -0.151. The fraction of sp³-hybridized carbons (Fsp3) is 0.889. The highest BCUT2D eigenvalue weighted by molar-refractivity contribution is 5.70. The SMILES string of the molecule is CCOC(=O)COC(C)C(C)C. The molecule has 0 fully saturated rings. The zero-order chi connectivity index (χ0) is 9.56. The highest BCUT2D eigenvalue weighted by atomic mass is 16.6. The number of carbonyl (C=O) groups is 1. The Bertz CT molecular complexity index is 132. The summed E-state index contributed by atoms with van der Waals surface area (Å²) in [7, 11) is 0. The predicted molar refractivity (Wildman–Crippen MR) is 46.9 cm³/mol. The van der Waals surface area contributed by atoms with Crippen molar-refractivity contribution in [1.82, 2.24) is 0 Å². The van der Waals surface area contributed by atoms with E-state index in [1.165, 1.54) is 0 Å². The minimum absolute atomic E-state index is 0.0627. The van der Waals surface area contributed by atoms with Crippen molar-refractivity contribution in [2.75, 3.05) is 13.2 Å². The predicted octanol–water partition coefficient (Wildman–Crippen LogP) is 1.61. The first-order chi connectivity index (χ1) is 5.57. The van der Waals surface area contributed by atoms with Crippen LogP contribution in [0, 0.1) is 5.92 Å². The standard InChI is InChI=1S/C9H18O3/c1-5-11-9(10)6-12-8(4)7(2)3/h7-8H,5-6H2,1-4H3. The van der Waals surface area contributed by atoms with E-state index in [0.29, 0.717) is 12.5 Å². The number of rotatable bonds is 5. The fourth-order valence-electron chi connectivity index (χ4n) is 0.595. The molecule has 3 nitrogen and oxygen atoms in total. The van der Waals surface area contributed by atoms with Crippen LogP contribution in [-0.4, -0.2) is 25.3 Å². The van der Waals surface area contributed by atoms with Gasteiger partial charge in [-0.1, -0.05) is 13.8 Å². The molecule has 0 spiro atoms. The van der Waals surface area contributed by atoms with Gasteiger partial charge in [-0.05, 0) is 19.8 Å². The summed E-state index contributed by atoms with van der Waals surface area (Å²) in [6.07, 6.45) is 0.106. The Morgan fingerprint density at radius 2 is 1.92 bits per heavy atom. The molecule has 1 unspecified atom stereocenters. The van der Waals surface area contributed by atoms with E-state index in [0.717, 1.165) is 0 Å². The summed E-state index contributed by atoms with van der Waals surface area (Å²) >= 11 is 0. The van der Waals surface area contributed by atoms with Crippen LogP contribution < -0.4 is 0 Å². The highest BCUT2D eigenvalue weighted by Crippen LogP contribution is 2.04. The minimum atomic E-state index is -0.287. The van der Waals surface area contributed by atoms with Gasteiger partial charge >= 0.3 is 5.97 Å². The highest BCUT2D eigenvalue weighted by Gasteiger charge is 2.09. The van der Waals surface area contributed by atoms with E-state index in [1.807, 2.05) is 6.92 Å². The first-order valence-electron chi connectivity index (χ1n) is 4.35. The average Bonchev–Trinajstić information content (AvgIpc) is 2.00. The zero-order valence-corrected chi connectivity index (χ0v) is 8.29. The first kappa shape index (κ1) is 11.4. The Labute approximate surface area is 74.0 Å². The Hall–Kier alpha value is -0.570. The average molecular weight is 174 g/mol. The van der Waals surface area contributed by atoms with E-state index in [1.54, 1.807) is 6.92 Å². The van der Waals surface area contributed by atoms with Crippen molar-refractivity contribution in [3.63, 3.8) is 0 Å². The van der Waals surface area contributed by atoms with Crippen molar-refractivity contribution < 1.29 is 14.3 Å². The number of ether oxygens (including phenoxy) is 2. The van der Waals surface area contributed by atoms with Gasteiger partial charge in [-0.2, -0.15) is 0 Å². The molecule has 12 heavy (non-hydrogen) atoms. The summed E-state index contributed by atoms with van der Waals surface area (Å²) < 4.78 is 9.95. The van der Waals surface area contributed by atoms with Crippen LogP contribution in [0.25, 0.3) is 0 Å². The Balaban J connectivity index is 3.47. The number of esters is 1. The van der Waals surface area contributed by atoms with Crippen molar-refractivity contribution in [3.8, 4) is 0 Å². The first-order valence-corrected chi connectivity index (χ1v) is 4.35. The number of hydrogen-bond acceptors (Lipinski definition) is 3. The molecule has 0 saturated carbocycles. The monoisotopic (exact) mass is 174 g/mol. The molecule has 72 valence electrons. The molecule has 0 aliphatic heterocycles. The molecule has 0 bridgehead atoms. The van der Waals surface area contributed by atoms with Gasteiger partial charge in [0.15, 0.2) is 0 Å². The molecule has 0 N–H and O–H groups in total. The van der Waals surface area contributed by atoms with E-state index in [2.05, 4.69) is 13.8 Å². The van der Waals surface area contributed by atoms with E-state index in [-0.39, 0.29) is 18.7 Å². The third kappa shape index (κ3) is 5.13. The summed E-state index contributed by atoms with van der Waals surface area (Å²) in [6, 6.07) is 0. The molecule has 0 aliphatic rings. The normalized spacial score (nSPS) is 13.1. The molecule has 3 heteroatoms. The summed E-state index contributed by atoms with van der Waals surface area (Å²) in [4.78, 5) is 10.8. The van der Waals surface area contributed by atoms with Crippen LogP contribution in [0.3, 0.4) is 0 Å². The maximum Gasteiger partial charge on any atom is 0.332 e. The van der Waals surface area contributed by atoms with Crippen molar-refractivity contribution in [1.29, 1.82) is 0 Å². The molecule has 0 rings (SSSR count). The van der Waals surface area contributed by atoms with Gasteiger partial charge in [0, 0.05) is 0 Å². The molecule has 0 radical (unpaired) electrons. The van der Waals surface area contributed by atoms with Crippen LogP contribution in [0.15, 0.2) is 0 Å². The molecule has 0 amide bonds. The maximum absolute atomic E-state index is 10.8. The van der Waals surface area contributed by atoms with Gasteiger partial charge in [0.2, 0.25) is 0 Å². The minimum Gasteiger partial charge on any atom is -0.464 e. The quantitative estimate of drug-likeness (QED) is 0.594. The van der Waals surface area contributed by atoms with Gasteiger partial charge < -0.3 is 9.47 Å². The topological polar surface area (TPSA) is 35.5 Å². The third-order valence-corrected chi connectivity index (χ3v) is 1.71. The van der Waals surface area contributed by atoms with Crippen LogP contribution in [0.4, 0.5) is 0 Å². The van der Waals surface area contributed by atoms with Crippen molar-refractivity contribution >= 4 is 5.97 Å². The van der Waals surface area contributed by atoms with E-state index in [4.69, 9.17) is 9.47 Å². The Morgan fingerprint density at radius 1 is 1.33 bits per heavy atom. The number of carbonyl (C=O) groups excluding carboxylic acids is 1. The van der Waals surface area contributed by atoms with Crippen LogP contribution >= 0.6 is 0 Å². The van der Waals surface area contributed by atoms with Crippen molar-refractivity contribution in [2.45, 2.75) is 33.8 Å². The Kier molecular flexibility index (Phi) is 5.72. The lowest BCUT2D eigenvalue weighted by Gasteiger charge is -2.15. The van der Waals surface area contributed by atoms with Gasteiger partial charge in [0.25, 0.3) is 0 Å². The largest absolute Gasteiger partial charge is 0.464 e. The second-order valence-corrected chi connectivity index (χ2v) is 3.07. The molecule has 0 aromatic heterocycles. The van der Waals surface area contributed by atoms with Crippen LogP contribution in [0.1, 0.15) is 27.7 Å². The molecule has 0 saturated heterocycles. The Morgan fingerprint density at radius 3 is 2.33 bits per heavy atom. The smallest absolute Gasteiger partial charge is 0.332 e. The molecule has 1 atom stereocenters. The van der Waals surface area contributed by atoms with Gasteiger partial charge in [-0.15, -0.1) is 0 Å². The second-order valence-electron chi connectivity index (χ2n) is 3.07. The lowest BCUT2D eigenvalue weighted by Crippen LogP contribution is -2.21. The van der Waals surface area contributed by atoms with E-state index in [9.17, 15) is 4.79 Å². The van der Waals surface area contributed by atoms with Crippen molar-refractivity contribution in [3.05, 3.63) is 0 Å². The molecule has 0 heterocycles.